The maximum atomic E-state index is 12.5. The molecule has 104 valence electrons. The van der Waals surface area contributed by atoms with E-state index in [0.29, 0.717) is 5.69 Å². The van der Waals surface area contributed by atoms with Gasteiger partial charge in [0.15, 0.2) is 0 Å². The average molecular weight is 271 g/mol. The topological polar surface area (TPSA) is 63.9 Å². The first-order valence-electron chi connectivity index (χ1n) is 6.73. The largest absolute Gasteiger partial charge is 0.330 e. The number of hydrogen-bond donors (Lipinski definition) is 0. The lowest BCUT2D eigenvalue weighted by Crippen LogP contribution is -2.31. The number of amides is 1. The SMILES string of the molecule is Cc1cnc(C(=O)N2CCCC2c2cnn(C)c2)cn1. The third kappa shape index (κ3) is 2.29. The third-order valence-corrected chi connectivity index (χ3v) is 3.62. The van der Waals surface area contributed by atoms with Gasteiger partial charge in [0.05, 0.1) is 24.1 Å². The molecule has 2 aromatic heterocycles. The minimum atomic E-state index is -0.0520. The minimum Gasteiger partial charge on any atom is -0.330 e. The van der Waals surface area contributed by atoms with Gasteiger partial charge in [0.25, 0.3) is 5.91 Å². The number of likely N-dealkylation sites (tertiary alicyclic amines) is 1. The van der Waals surface area contributed by atoms with E-state index < -0.39 is 0 Å². The Bertz CT molecular complexity index is 619. The smallest absolute Gasteiger partial charge is 0.274 e. The van der Waals surface area contributed by atoms with E-state index in [1.54, 1.807) is 17.1 Å². The summed E-state index contributed by atoms with van der Waals surface area (Å²) in [6.07, 6.45) is 8.95. The molecule has 1 fully saturated rings. The van der Waals surface area contributed by atoms with E-state index in [1.807, 2.05) is 31.3 Å². The minimum absolute atomic E-state index is 0.0520. The average Bonchev–Trinajstić information content (AvgIpc) is 3.07. The molecular weight excluding hydrogens is 254 g/mol. The normalized spacial score (nSPS) is 18.5. The summed E-state index contributed by atoms with van der Waals surface area (Å²) in [6.45, 7) is 2.61. The van der Waals surface area contributed by atoms with Crippen molar-refractivity contribution in [3.63, 3.8) is 0 Å². The summed E-state index contributed by atoms with van der Waals surface area (Å²) >= 11 is 0. The number of aryl methyl sites for hydroxylation is 2. The predicted octanol–water partition coefficient (Wildman–Crippen LogP) is 1.50. The molecule has 6 heteroatoms. The van der Waals surface area contributed by atoms with Crippen molar-refractivity contribution in [2.75, 3.05) is 6.54 Å². The molecule has 1 unspecified atom stereocenters. The summed E-state index contributed by atoms with van der Waals surface area (Å²) in [6, 6.07) is 0.0966. The van der Waals surface area contributed by atoms with Crippen molar-refractivity contribution in [1.29, 1.82) is 0 Å². The highest BCUT2D eigenvalue weighted by atomic mass is 16.2. The van der Waals surface area contributed by atoms with E-state index in [-0.39, 0.29) is 11.9 Å². The number of carbonyl (C=O) groups excluding carboxylic acids is 1. The van der Waals surface area contributed by atoms with Crippen LogP contribution in [0.25, 0.3) is 0 Å². The first kappa shape index (κ1) is 12.8. The number of rotatable bonds is 2. The van der Waals surface area contributed by atoms with E-state index in [1.165, 1.54) is 0 Å². The first-order chi connectivity index (χ1) is 9.65. The van der Waals surface area contributed by atoms with Gasteiger partial charge < -0.3 is 4.90 Å². The molecule has 1 aliphatic rings. The fourth-order valence-electron chi connectivity index (χ4n) is 2.62. The Morgan fingerprint density at radius 1 is 1.30 bits per heavy atom. The predicted molar refractivity (Wildman–Crippen MR) is 73.0 cm³/mol. The van der Waals surface area contributed by atoms with Crippen molar-refractivity contribution in [2.24, 2.45) is 7.05 Å². The van der Waals surface area contributed by atoms with Gasteiger partial charge in [-0.2, -0.15) is 5.10 Å². The Labute approximate surface area is 117 Å². The zero-order valence-electron chi connectivity index (χ0n) is 11.7. The van der Waals surface area contributed by atoms with E-state index >= 15 is 0 Å². The van der Waals surface area contributed by atoms with Crippen molar-refractivity contribution in [2.45, 2.75) is 25.8 Å². The van der Waals surface area contributed by atoms with E-state index in [9.17, 15) is 4.79 Å². The molecule has 3 heterocycles. The third-order valence-electron chi connectivity index (χ3n) is 3.62. The first-order valence-corrected chi connectivity index (χ1v) is 6.73. The Morgan fingerprint density at radius 2 is 2.15 bits per heavy atom. The summed E-state index contributed by atoms with van der Waals surface area (Å²) in [5.41, 5.74) is 2.30. The Kier molecular flexibility index (Phi) is 3.22. The second kappa shape index (κ2) is 5.03. The van der Waals surface area contributed by atoms with Crippen LogP contribution in [-0.4, -0.2) is 37.1 Å². The number of carbonyl (C=O) groups is 1. The molecule has 0 aliphatic carbocycles. The number of nitrogens with zero attached hydrogens (tertiary/aromatic N) is 5. The van der Waals surface area contributed by atoms with Crippen molar-refractivity contribution in [1.82, 2.24) is 24.6 Å². The summed E-state index contributed by atoms with van der Waals surface area (Å²) in [5, 5.41) is 4.19. The second-order valence-corrected chi connectivity index (χ2v) is 5.15. The van der Waals surface area contributed by atoms with Gasteiger partial charge in [-0.15, -0.1) is 0 Å². The fraction of sp³-hybridized carbons (Fsp3) is 0.429. The summed E-state index contributed by atoms with van der Waals surface area (Å²) in [5.74, 6) is -0.0520. The Balaban J connectivity index is 1.85. The van der Waals surface area contributed by atoms with Crippen LogP contribution in [0, 0.1) is 6.92 Å². The number of hydrogen-bond acceptors (Lipinski definition) is 4. The maximum Gasteiger partial charge on any atom is 0.274 e. The molecule has 0 radical (unpaired) electrons. The second-order valence-electron chi connectivity index (χ2n) is 5.15. The molecule has 1 saturated heterocycles. The van der Waals surface area contributed by atoms with E-state index in [2.05, 4.69) is 15.1 Å². The molecule has 0 spiro atoms. The fourth-order valence-corrected chi connectivity index (χ4v) is 2.62. The van der Waals surface area contributed by atoms with Crippen LogP contribution in [0.15, 0.2) is 24.8 Å². The van der Waals surface area contributed by atoms with Crippen LogP contribution in [-0.2, 0) is 7.05 Å². The Hall–Kier alpha value is -2.24. The van der Waals surface area contributed by atoms with Crippen LogP contribution in [0.5, 0.6) is 0 Å². The summed E-state index contributed by atoms with van der Waals surface area (Å²) in [7, 11) is 1.88. The highest BCUT2D eigenvalue weighted by molar-refractivity contribution is 5.92. The molecule has 0 saturated carbocycles. The van der Waals surface area contributed by atoms with Crippen LogP contribution >= 0.6 is 0 Å². The molecule has 0 bridgehead atoms. The van der Waals surface area contributed by atoms with Crippen LogP contribution < -0.4 is 0 Å². The lowest BCUT2D eigenvalue weighted by Gasteiger charge is -2.23. The van der Waals surface area contributed by atoms with Gasteiger partial charge in [0.1, 0.15) is 5.69 Å². The van der Waals surface area contributed by atoms with Gasteiger partial charge in [0.2, 0.25) is 0 Å². The monoisotopic (exact) mass is 271 g/mol. The lowest BCUT2D eigenvalue weighted by atomic mass is 10.1. The molecule has 2 aromatic rings. The highest BCUT2D eigenvalue weighted by Crippen LogP contribution is 2.32. The highest BCUT2D eigenvalue weighted by Gasteiger charge is 2.32. The maximum absolute atomic E-state index is 12.5. The molecular formula is C14H17N5O. The van der Waals surface area contributed by atoms with Crippen molar-refractivity contribution in [3.8, 4) is 0 Å². The molecule has 0 aromatic carbocycles. The molecule has 1 amide bonds. The number of aromatic nitrogens is 4. The zero-order valence-corrected chi connectivity index (χ0v) is 11.7. The van der Waals surface area contributed by atoms with Gasteiger partial charge in [-0.1, -0.05) is 0 Å². The molecule has 3 rings (SSSR count). The van der Waals surface area contributed by atoms with Gasteiger partial charge >= 0.3 is 0 Å². The van der Waals surface area contributed by atoms with Gasteiger partial charge in [-0.05, 0) is 19.8 Å². The lowest BCUT2D eigenvalue weighted by molar-refractivity contribution is 0.0729. The van der Waals surface area contributed by atoms with Gasteiger partial charge in [-0.3, -0.25) is 14.5 Å². The van der Waals surface area contributed by atoms with Crippen LogP contribution in [0.1, 0.15) is 40.6 Å². The van der Waals surface area contributed by atoms with Crippen molar-refractivity contribution >= 4 is 5.91 Å². The summed E-state index contributed by atoms with van der Waals surface area (Å²) < 4.78 is 1.77. The van der Waals surface area contributed by atoms with Crippen molar-refractivity contribution < 1.29 is 4.79 Å². The summed E-state index contributed by atoms with van der Waals surface area (Å²) in [4.78, 5) is 22.7. The Morgan fingerprint density at radius 3 is 2.80 bits per heavy atom. The van der Waals surface area contributed by atoms with Crippen molar-refractivity contribution in [3.05, 3.63) is 41.7 Å². The van der Waals surface area contributed by atoms with Crippen LogP contribution in [0.3, 0.4) is 0 Å². The molecule has 6 nitrogen and oxygen atoms in total. The quantitative estimate of drug-likeness (QED) is 0.830. The van der Waals surface area contributed by atoms with Crippen LogP contribution in [0.2, 0.25) is 0 Å². The van der Waals surface area contributed by atoms with E-state index in [0.717, 1.165) is 30.6 Å². The standard InChI is InChI=1S/C14H17N5O/c1-10-6-16-12(8-15-10)14(20)19-5-3-4-13(19)11-7-17-18(2)9-11/h6-9,13H,3-5H2,1-2H3. The van der Waals surface area contributed by atoms with Gasteiger partial charge in [-0.25, -0.2) is 4.98 Å². The molecule has 0 N–H and O–H groups in total. The van der Waals surface area contributed by atoms with Gasteiger partial charge in [0, 0.05) is 31.5 Å². The molecule has 20 heavy (non-hydrogen) atoms. The van der Waals surface area contributed by atoms with Crippen LogP contribution in [0.4, 0.5) is 0 Å². The van der Waals surface area contributed by atoms with E-state index in [4.69, 9.17) is 0 Å². The zero-order chi connectivity index (χ0) is 14.1. The molecule has 1 aliphatic heterocycles. The molecule has 1 atom stereocenters.